The summed E-state index contributed by atoms with van der Waals surface area (Å²) in [5.74, 6) is 0.0514. The number of pyridine rings is 1. The molecule has 0 bridgehead atoms. The molecule has 1 amide bonds. The molecule has 0 aliphatic heterocycles. The van der Waals surface area contributed by atoms with E-state index in [2.05, 4.69) is 43.2 Å². The van der Waals surface area contributed by atoms with Crippen LogP contribution in [0.2, 0.25) is 5.15 Å². The van der Waals surface area contributed by atoms with Crippen LogP contribution in [0.3, 0.4) is 0 Å². The highest BCUT2D eigenvalue weighted by molar-refractivity contribution is 6.29. The van der Waals surface area contributed by atoms with Gasteiger partial charge in [-0.05, 0) is 63.9 Å². The molecule has 1 heterocycles. The van der Waals surface area contributed by atoms with Gasteiger partial charge in [0.15, 0.2) is 0 Å². The van der Waals surface area contributed by atoms with E-state index in [0.717, 1.165) is 22.3 Å². The van der Waals surface area contributed by atoms with Crippen molar-refractivity contribution in [1.82, 2.24) is 10.3 Å². The lowest BCUT2D eigenvalue weighted by molar-refractivity contribution is -0.116. The Morgan fingerprint density at radius 1 is 1.03 bits per heavy atom. The van der Waals surface area contributed by atoms with Gasteiger partial charge in [0, 0.05) is 18.8 Å². The zero-order valence-electron chi connectivity index (χ0n) is 18.0. The third kappa shape index (κ3) is 6.43. The first kappa shape index (κ1) is 22.6. The lowest BCUT2D eigenvalue weighted by Crippen LogP contribution is -2.24. The van der Waals surface area contributed by atoms with Crippen LogP contribution in [0, 0.1) is 0 Å². The van der Waals surface area contributed by atoms with E-state index in [-0.39, 0.29) is 17.1 Å². The fourth-order valence-electron chi connectivity index (χ4n) is 3.23. The molecular formula is C26H27ClN2O2. The Morgan fingerprint density at radius 3 is 2.32 bits per heavy atom. The summed E-state index contributed by atoms with van der Waals surface area (Å²) in [4.78, 5) is 16.7. The predicted octanol–water partition coefficient (Wildman–Crippen LogP) is 5.53. The number of hydrogen-bond acceptors (Lipinski definition) is 3. The first-order valence-electron chi connectivity index (χ1n) is 10.2. The van der Waals surface area contributed by atoms with Crippen LogP contribution < -0.4 is 5.32 Å². The number of amides is 1. The normalized spacial score (nSPS) is 11.9. The van der Waals surface area contributed by atoms with Gasteiger partial charge < -0.3 is 10.4 Å². The van der Waals surface area contributed by atoms with Crippen molar-refractivity contribution in [2.45, 2.75) is 32.6 Å². The molecule has 2 N–H and O–H groups in total. The quantitative estimate of drug-likeness (QED) is 0.396. The number of halogens is 1. The molecule has 0 aliphatic carbocycles. The highest BCUT2D eigenvalue weighted by Gasteiger charge is 2.15. The summed E-state index contributed by atoms with van der Waals surface area (Å²) in [6, 6.07) is 18.8. The number of aromatic hydroxyl groups is 1. The van der Waals surface area contributed by atoms with Crippen molar-refractivity contribution in [3.63, 3.8) is 0 Å². The molecule has 2 aromatic carbocycles. The van der Waals surface area contributed by atoms with E-state index in [0.29, 0.717) is 18.1 Å². The van der Waals surface area contributed by atoms with Crippen LogP contribution >= 0.6 is 11.6 Å². The molecule has 0 saturated carbocycles. The molecule has 0 aliphatic rings. The third-order valence-electron chi connectivity index (χ3n) is 5.02. The maximum absolute atomic E-state index is 12.7. The molecule has 0 spiro atoms. The molecule has 3 rings (SSSR count). The summed E-state index contributed by atoms with van der Waals surface area (Å²) in [6.45, 7) is 7.00. The van der Waals surface area contributed by atoms with Crippen molar-refractivity contribution in [2.75, 3.05) is 6.54 Å². The molecule has 5 heteroatoms. The van der Waals surface area contributed by atoms with Crippen LogP contribution in [0.4, 0.5) is 0 Å². The number of hydrogen-bond donors (Lipinski definition) is 2. The molecule has 1 aromatic heterocycles. The van der Waals surface area contributed by atoms with Crippen LogP contribution in [0.25, 0.3) is 5.57 Å². The number of benzene rings is 2. The molecule has 0 fully saturated rings. The van der Waals surface area contributed by atoms with Crippen molar-refractivity contribution < 1.29 is 9.90 Å². The number of phenols is 1. The fraction of sp³-hybridized carbons (Fsp3) is 0.231. The summed E-state index contributed by atoms with van der Waals surface area (Å²) < 4.78 is 0. The Bertz CT molecular complexity index is 1070. The van der Waals surface area contributed by atoms with E-state index < -0.39 is 0 Å². The van der Waals surface area contributed by atoms with Crippen LogP contribution in [0.1, 0.15) is 43.0 Å². The van der Waals surface area contributed by atoms with Crippen molar-refractivity contribution in [2.24, 2.45) is 0 Å². The lowest BCUT2D eigenvalue weighted by Gasteiger charge is -2.19. The Balaban J connectivity index is 1.81. The average Bonchev–Trinajstić information content (AvgIpc) is 2.73. The standard InChI is InChI=1S/C26H27ClN2O2/c1-26(2,3)21-8-6-19(7-9-21)23(20-13-15-28-24(27)16-20)17-25(31)29-14-12-18-4-10-22(30)11-5-18/h4-11,13,15-17,30H,12,14H2,1-3H3,(H,29,31)/b23-17-. The summed E-state index contributed by atoms with van der Waals surface area (Å²) in [7, 11) is 0. The van der Waals surface area contributed by atoms with Crippen LogP contribution in [0.5, 0.6) is 5.75 Å². The molecule has 0 unspecified atom stereocenters. The Hall–Kier alpha value is -3.11. The summed E-state index contributed by atoms with van der Waals surface area (Å²) in [5, 5.41) is 12.7. The summed E-state index contributed by atoms with van der Waals surface area (Å²) >= 11 is 6.10. The number of carbonyl (C=O) groups is 1. The molecule has 4 nitrogen and oxygen atoms in total. The Labute approximate surface area is 188 Å². The van der Waals surface area contributed by atoms with E-state index in [1.807, 2.05) is 30.3 Å². The number of carbonyl (C=O) groups excluding carboxylic acids is 1. The van der Waals surface area contributed by atoms with Gasteiger partial charge in [-0.3, -0.25) is 4.79 Å². The topological polar surface area (TPSA) is 62.2 Å². The molecule has 31 heavy (non-hydrogen) atoms. The number of aromatic nitrogens is 1. The maximum Gasteiger partial charge on any atom is 0.244 e. The van der Waals surface area contributed by atoms with Gasteiger partial charge in [0.25, 0.3) is 0 Å². The van der Waals surface area contributed by atoms with Gasteiger partial charge >= 0.3 is 0 Å². The zero-order chi connectivity index (χ0) is 22.4. The van der Waals surface area contributed by atoms with Gasteiger partial charge in [0.05, 0.1) is 0 Å². The smallest absolute Gasteiger partial charge is 0.244 e. The molecule has 0 atom stereocenters. The van der Waals surface area contributed by atoms with Crippen molar-refractivity contribution >= 4 is 23.1 Å². The monoisotopic (exact) mass is 434 g/mol. The number of nitrogens with zero attached hydrogens (tertiary/aromatic N) is 1. The summed E-state index contributed by atoms with van der Waals surface area (Å²) in [5.41, 5.74) is 4.87. The highest BCUT2D eigenvalue weighted by Crippen LogP contribution is 2.28. The van der Waals surface area contributed by atoms with Crippen molar-refractivity contribution in [3.05, 3.63) is 100 Å². The van der Waals surface area contributed by atoms with E-state index in [1.54, 1.807) is 30.5 Å². The SMILES string of the molecule is CC(C)(C)c1ccc(/C(=C/C(=O)NCCc2ccc(O)cc2)c2ccnc(Cl)c2)cc1. The molecular weight excluding hydrogens is 408 g/mol. The molecule has 160 valence electrons. The number of rotatable bonds is 6. The van der Waals surface area contributed by atoms with Crippen molar-refractivity contribution in [3.8, 4) is 5.75 Å². The number of phenolic OH excluding ortho intramolecular Hbond substituents is 1. The van der Waals surface area contributed by atoms with E-state index >= 15 is 0 Å². The first-order chi connectivity index (χ1) is 14.7. The van der Waals surface area contributed by atoms with Gasteiger partial charge in [-0.15, -0.1) is 0 Å². The lowest BCUT2D eigenvalue weighted by atomic mass is 9.85. The Morgan fingerprint density at radius 2 is 1.71 bits per heavy atom. The Kier molecular flexibility index (Phi) is 7.13. The van der Waals surface area contributed by atoms with Crippen LogP contribution in [0.15, 0.2) is 72.9 Å². The van der Waals surface area contributed by atoms with Gasteiger partial charge in [0.2, 0.25) is 5.91 Å². The van der Waals surface area contributed by atoms with Gasteiger partial charge in [-0.25, -0.2) is 4.98 Å². The van der Waals surface area contributed by atoms with E-state index in [4.69, 9.17) is 11.6 Å². The average molecular weight is 435 g/mol. The summed E-state index contributed by atoms with van der Waals surface area (Å²) in [6.07, 6.45) is 3.92. The van der Waals surface area contributed by atoms with E-state index in [9.17, 15) is 9.90 Å². The fourth-order valence-corrected chi connectivity index (χ4v) is 3.40. The zero-order valence-corrected chi connectivity index (χ0v) is 18.8. The minimum Gasteiger partial charge on any atom is -0.508 e. The predicted molar refractivity (Wildman–Crippen MR) is 126 cm³/mol. The van der Waals surface area contributed by atoms with Crippen LogP contribution in [-0.4, -0.2) is 22.5 Å². The van der Waals surface area contributed by atoms with Gasteiger partial charge in [-0.1, -0.05) is 68.8 Å². The minimum absolute atomic E-state index is 0.0496. The number of nitrogens with one attached hydrogen (secondary N) is 1. The second kappa shape index (κ2) is 9.80. The second-order valence-electron chi connectivity index (χ2n) is 8.46. The maximum atomic E-state index is 12.7. The first-order valence-corrected chi connectivity index (χ1v) is 10.6. The largest absolute Gasteiger partial charge is 0.508 e. The van der Waals surface area contributed by atoms with Gasteiger partial charge in [-0.2, -0.15) is 0 Å². The van der Waals surface area contributed by atoms with Crippen molar-refractivity contribution in [1.29, 1.82) is 0 Å². The van der Waals surface area contributed by atoms with Gasteiger partial charge in [0.1, 0.15) is 10.9 Å². The second-order valence-corrected chi connectivity index (χ2v) is 8.85. The molecule has 0 radical (unpaired) electrons. The van der Waals surface area contributed by atoms with E-state index in [1.165, 1.54) is 5.56 Å². The third-order valence-corrected chi connectivity index (χ3v) is 5.23. The molecule has 3 aromatic rings. The molecule has 0 saturated heterocycles. The highest BCUT2D eigenvalue weighted by atomic mass is 35.5. The minimum atomic E-state index is -0.179. The van der Waals surface area contributed by atoms with Crippen LogP contribution in [-0.2, 0) is 16.6 Å².